The average Bonchev–Trinajstić information content (AvgIpc) is 3.31. The van der Waals surface area contributed by atoms with E-state index in [4.69, 9.17) is 9.47 Å². The zero-order valence-electron chi connectivity index (χ0n) is 14.1. The summed E-state index contributed by atoms with van der Waals surface area (Å²) in [6.07, 6.45) is 7.88. The van der Waals surface area contributed by atoms with E-state index in [1.807, 2.05) is 30.7 Å². The molecule has 1 saturated heterocycles. The van der Waals surface area contributed by atoms with Gasteiger partial charge in [-0.1, -0.05) is 6.07 Å². The Balaban J connectivity index is 1.27. The summed E-state index contributed by atoms with van der Waals surface area (Å²) < 4.78 is 12.8. The number of nitrogens with one attached hydrogen (secondary N) is 1. The molecule has 4 rings (SSSR count). The van der Waals surface area contributed by atoms with Gasteiger partial charge in [0.2, 0.25) is 12.7 Å². The number of carbonyl (C=O) groups excluding carboxylic acids is 1. The molecule has 1 atom stereocenters. The topological polar surface area (TPSA) is 68.6 Å². The van der Waals surface area contributed by atoms with E-state index in [1.165, 1.54) is 0 Å². The number of hydrogen-bond acceptors (Lipinski definition) is 5. The highest BCUT2D eigenvalue weighted by atomic mass is 16.7. The van der Waals surface area contributed by atoms with Gasteiger partial charge in [0, 0.05) is 31.5 Å². The van der Waals surface area contributed by atoms with E-state index in [0.29, 0.717) is 19.1 Å². The lowest BCUT2D eigenvalue weighted by Crippen LogP contribution is -2.42. The quantitative estimate of drug-likeness (QED) is 0.893. The van der Waals surface area contributed by atoms with E-state index in [9.17, 15) is 4.79 Å². The van der Waals surface area contributed by atoms with Gasteiger partial charge in [-0.15, -0.1) is 0 Å². The third kappa shape index (κ3) is 3.76. The first kappa shape index (κ1) is 16.0. The van der Waals surface area contributed by atoms with Crippen LogP contribution in [0.4, 0.5) is 0 Å². The van der Waals surface area contributed by atoms with Crippen LogP contribution in [0.1, 0.15) is 24.4 Å². The number of benzene rings is 1. The third-order valence-electron chi connectivity index (χ3n) is 4.72. The fourth-order valence-electron chi connectivity index (χ4n) is 3.41. The van der Waals surface area contributed by atoms with Crippen LogP contribution in [0, 0.1) is 0 Å². The molecule has 2 aliphatic heterocycles. The molecule has 0 bridgehead atoms. The summed E-state index contributed by atoms with van der Waals surface area (Å²) in [5.74, 6) is 1.55. The molecule has 1 amide bonds. The first-order valence-corrected chi connectivity index (χ1v) is 8.63. The molecule has 0 aliphatic carbocycles. The van der Waals surface area contributed by atoms with E-state index in [0.717, 1.165) is 43.0 Å². The number of ether oxygens (including phenoxy) is 2. The molecular formula is C18H22N4O3. The van der Waals surface area contributed by atoms with E-state index in [2.05, 4.69) is 19.8 Å². The third-order valence-corrected chi connectivity index (χ3v) is 4.72. The van der Waals surface area contributed by atoms with Crippen molar-refractivity contribution in [2.45, 2.75) is 25.4 Å². The summed E-state index contributed by atoms with van der Waals surface area (Å²) in [5.41, 5.74) is 1.01. The number of carbonyl (C=O) groups is 1. The molecule has 25 heavy (non-hydrogen) atoms. The largest absolute Gasteiger partial charge is 0.454 e. The summed E-state index contributed by atoms with van der Waals surface area (Å²) in [5, 5.41) is 2.99. The smallest absolute Gasteiger partial charge is 0.234 e. The minimum atomic E-state index is 0.0453. The van der Waals surface area contributed by atoms with Gasteiger partial charge < -0.3 is 19.4 Å². The molecule has 0 saturated carbocycles. The first-order valence-electron chi connectivity index (χ1n) is 8.63. The van der Waals surface area contributed by atoms with Crippen LogP contribution in [-0.2, 0) is 11.3 Å². The zero-order chi connectivity index (χ0) is 17.1. The number of fused-ring (bicyclic) bond motifs is 1. The van der Waals surface area contributed by atoms with Crippen LogP contribution >= 0.6 is 0 Å². The fraction of sp³-hybridized carbons (Fsp3) is 0.444. The van der Waals surface area contributed by atoms with Gasteiger partial charge in [-0.2, -0.15) is 0 Å². The van der Waals surface area contributed by atoms with Gasteiger partial charge >= 0.3 is 0 Å². The number of imidazole rings is 1. The number of rotatable bonds is 5. The molecule has 0 radical (unpaired) electrons. The van der Waals surface area contributed by atoms with Crippen LogP contribution in [-0.4, -0.2) is 46.8 Å². The van der Waals surface area contributed by atoms with Gasteiger partial charge in [0.15, 0.2) is 11.5 Å². The average molecular weight is 342 g/mol. The van der Waals surface area contributed by atoms with Crippen LogP contribution in [0.25, 0.3) is 0 Å². The minimum Gasteiger partial charge on any atom is -0.454 e. The highest BCUT2D eigenvalue weighted by Crippen LogP contribution is 2.32. The monoisotopic (exact) mass is 342 g/mol. The summed E-state index contributed by atoms with van der Waals surface area (Å²) in [4.78, 5) is 18.6. The molecule has 7 heteroatoms. The molecule has 3 heterocycles. The first-order chi connectivity index (χ1) is 12.3. The van der Waals surface area contributed by atoms with Crippen molar-refractivity contribution < 1.29 is 14.3 Å². The summed E-state index contributed by atoms with van der Waals surface area (Å²) >= 11 is 0. The molecule has 2 aliphatic rings. The van der Waals surface area contributed by atoms with E-state index >= 15 is 0 Å². The fourth-order valence-corrected chi connectivity index (χ4v) is 3.41. The van der Waals surface area contributed by atoms with Crippen LogP contribution in [0.5, 0.6) is 11.5 Å². The van der Waals surface area contributed by atoms with Crippen molar-refractivity contribution in [3.05, 3.63) is 42.5 Å². The number of likely N-dealkylation sites (tertiary alicyclic amines) is 1. The van der Waals surface area contributed by atoms with Crippen LogP contribution in [0.3, 0.4) is 0 Å². The van der Waals surface area contributed by atoms with E-state index in [1.54, 1.807) is 6.20 Å². The summed E-state index contributed by atoms with van der Waals surface area (Å²) in [6.45, 7) is 3.03. The van der Waals surface area contributed by atoms with Gasteiger partial charge in [-0.3, -0.25) is 9.69 Å². The Morgan fingerprint density at radius 3 is 3.12 bits per heavy atom. The molecule has 0 unspecified atom stereocenters. The molecule has 1 aromatic heterocycles. The van der Waals surface area contributed by atoms with Crippen LogP contribution in [0.15, 0.2) is 36.9 Å². The Labute approximate surface area is 146 Å². The molecule has 1 fully saturated rings. The van der Waals surface area contributed by atoms with Gasteiger partial charge in [0.25, 0.3) is 0 Å². The van der Waals surface area contributed by atoms with Crippen molar-refractivity contribution in [1.82, 2.24) is 19.8 Å². The summed E-state index contributed by atoms with van der Waals surface area (Å²) in [7, 11) is 0. The van der Waals surface area contributed by atoms with Crippen molar-refractivity contribution in [2.75, 3.05) is 26.4 Å². The number of hydrogen-bond donors (Lipinski definition) is 1. The van der Waals surface area contributed by atoms with Gasteiger partial charge in [-0.05, 0) is 37.1 Å². The second kappa shape index (κ2) is 7.14. The van der Waals surface area contributed by atoms with E-state index < -0.39 is 0 Å². The van der Waals surface area contributed by atoms with Crippen molar-refractivity contribution in [1.29, 1.82) is 0 Å². The highest BCUT2D eigenvalue weighted by molar-refractivity contribution is 5.78. The molecule has 132 valence electrons. The van der Waals surface area contributed by atoms with Crippen molar-refractivity contribution in [3.8, 4) is 11.5 Å². The number of nitrogens with zero attached hydrogens (tertiary/aromatic N) is 3. The Morgan fingerprint density at radius 1 is 1.32 bits per heavy atom. The molecule has 0 spiro atoms. The van der Waals surface area contributed by atoms with Crippen molar-refractivity contribution >= 4 is 5.91 Å². The maximum absolute atomic E-state index is 12.3. The number of aromatic nitrogens is 2. The lowest BCUT2D eigenvalue weighted by molar-refractivity contribution is -0.122. The van der Waals surface area contributed by atoms with Gasteiger partial charge in [0.05, 0.1) is 12.9 Å². The Kier molecular flexibility index (Phi) is 4.56. The lowest BCUT2D eigenvalue weighted by Gasteiger charge is -2.32. The predicted molar refractivity (Wildman–Crippen MR) is 91.3 cm³/mol. The lowest BCUT2D eigenvalue weighted by atomic mass is 10.1. The van der Waals surface area contributed by atoms with Crippen molar-refractivity contribution in [3.63, 3.8) is 0 Å². The van der Waals surface area contributed by atoms with Crippen LogP contribution < -0.4 is 14.8 Å². The molecule has 2 aromatic rings. The predicted octanol–water partition coefficient (Wildman–Crippen LogP) is 1.57. The molecule has 7 nitrogen and oxygen atoms in total. The standard InChI is InChI=1S/C18H22N4O3/c23-18(20-9-14-3-4-16-17(8-14)25-13-24-16)11-21-6-1-2-15(10-21)22-7-5-19-12-22/h3-5,7-8,12,15H,1-2,6,9-11,13H2,(H,20,23)/t15-/m0/s1. The number of amides is 1. The second-order valence-electron chi connectivity index (χ2n) is 6.51. The SMILES string of the molecule is O=C(CN1CCC[C@H](n2ccnc2)C1)NCc1ccc2c(c1)OCO2. The zero-order valence-corrected chi connectivity index (χ0v) is 14.1. The van der Waals surface area contributed by atoms with Gasteiger partial charge in [0.1, 0.15) is 0 Å². The molecule has 1 N–H and O–H groups in total. The van der Waals surface area contributed by atoms with Gasteiger partial charge in [-0.25, -0.2) is 4.98 Å². The molecule has 1 aromatic carbocycles. The maximum atomic E-state index is 12.3. The van der Waals surface area contributed by atoms with Crippen molar-refractivity contribution in [2.24, 2.45) is 0 Å². The summed E-state index contributed by atoms with van der Waals surface area (Å²) in [6, 6.07) is 6.14. The second-order valence-corrected chi connectivity index (χ2v) is 6.51. The Bertz CT molecular complexity index is 732. The highest BCUT2D eigenvalue weighted by Gasteiger charge is 2.22. The van der Waals surface area contributed by atoms with E-state index in [-0.39, 0.29) is 12.7 Å². The molecular weight excluding hydrogens is 320 g/mol. The number of piperidine rings is 1. The minimum absolute atomic E-state index is 0.0453. The Hall–Kier alpha value is -2.54. The maximum Gasteiger partial charge on any atom is 0.234 e. The normalized spacial score (nSPS) is 19.8. The Morgan fingerprint density at radius 2 is 2.24 bits per heavy atom. The van der Waals surface area contributed by atoms with Crippen LogP contribution in [0.2, 0.25) is 0 Å².